The monoisotopic (exact) mass is 402 g/mol. The number of nitrogens with two attached hydrogens (primary N) is 1. The number of carbonyl (C=O) groups is 1. The molecule has 3 N–H and O–H groups in total. The van der Waals surface area contributed by atoms with E-state index in [9.17, 15) is 4.79 Å². The fourth-order valence-corrected chi connectivity index (χ4v) is 2.51. The summed E-state index contributed by atoms with van der Waals surface area (Å²) in [7, 11) is 0. The summed E-state index contributed by atoms with van der Waals surface area (Å²) in [4.78, 5) is 12.4. The minimum Gasteiger partial charge on any atom is -0.389 e. The molecule has 0 atom stereocenters. The molecule has 0 unspecified atom stereocenters. The Morgan fingerprint density at radius 1 is 1.19 bits per heavy atom. The number of thiocarbonyl (C=S) groups is 1. The summed E-state index contributed by atoms with van der Waals surface area (Å²) in [5.41, 5.74) is 7.10. The molecule has 21 heavy (non-hydrogen) atoms. The van der Waals surface area contributed by atoms with E-state index in [-0.39, 0.29) is 10.9 Å². The topological polar surface area (TPSA) is 55.1 Å². The molecule has 7 heteroatoms. The molecule has 0 aliphatic rings. The van der Waals surface area contributed by atoms with E-state index in [4.69, 9.17) is 41.2 Å². The number of halogens is 3. The van der Waals surface area contributed by atoms with E-state index in [1.54, 1.807) is 36.4 Å². The van der Waals surface area contributed by atoms with Crippen molar-refractivity contribution >= 4 is 67.9 Å². The Morgan fingerprint density at radius 3 is 2.52 bits per heavy atom. The van der Waals surface area contributed by atoms with Crippen LogP contribution in [0.5, 0.6) is 0 Å². The number of rotatable bonds is 3. The Kier molecular flexibility index (Phi) is 5.22. The van der Waals surface area contributed by atoms with Crippen LogP contribution in [0.3, 0.4) is 0 Å². The average Bonchev–Trinajstić information content (AvgIpc) is 2.41. The van der Waals surface area contributed by atoms with Crippen LogP contribution in [-0.4, -0.2) is 10.9 Å². The molecular weight excluding hydrogens is 395 g/mol. The Morgan fingerprint density at radius 2 is 1.90 bits per heavy atom. The maximum atomic E-state index is 12.3. The third-order valence-corrected chi connectivity index (χ3v) is 4.35. The fourth-order valence-electron chi connectivity index (χ4n) is 1.67. The molecule has 0 radical (unpaired) electrons. The van der Waals surface area contributed by atoms with Gasteiger partial charge in [-0.15, -0.1) is 0 Å². The molecule has 0 aromatic heterocycles. The summed E-state index contributed by atoms with van der Waals surface area (Å²) in [6.45, 7) is 0. The van der Waals surface area contributed by atoms with Crippen molar-refractivity contribution in [3.05, 3.63) is 62.0 Å². The van der Waals surface area contributed by atoms with Crippen LogP contribution >= 0.6 is 51.3 Å². The van der Waals surface area contributed by atoms with Gasteiger partial charge in [0.05, 0.1) is 10.7 Å². The van der Waals surface area contributed by atoms with Crippen molar-refractivity contribution in [3.63, 3.8) is 0 Å². The van der Waals surface area contributed by atoms with Crippen LogP contribution in [-0.2, 0) is 0 Å². The van der Waals surface area contributed by atoms with Crippen LogP contribution in [0.25, 0.3) is 0 Å². The van der Waals surface area contributed by atoms with Gasteiger partial charge in [-0.3, -0.25) is 4.79 Å². The summed E-state index contributed by atoms with van der Waals surface area (Å²) in [6.07, 6.45) is 0. The second kappa shape index (κ2) is 6.75. The van der Waals surface area contributed by atoms with Crippen molar-refractivity contribution in [2.24, 2.45) is 5.73 Å². The van der Waals surface area contributed by atoms with E-state index in [1.807, 2.05) is 0 Å². The molecule has 0 bridgehead atoms. The third-order valence-electron chi connectivity index (χ3n) is 2.68. The van der Waals surface area contributed by atoms with E-state index >= 15 is 0 Å². The molecule has 0 fully saturated rings. The van der Waals surface area contributed by atoms with Crippen LogP contribution in [0.15, 0.2) is 40.9 Å². The Balaban J connectivity index is 2.33. The van der Waals surface area contributed by atoms with Gasteiger partial charge in [-0.25, -0.2) is 0 Å². The second-order valence-electron chi connectivity index (χ2n) is 4.14. The lowest BCUT2D eigenvalue weighted by atomic mass is 10.1. The number of carbonyl (C=O) groups excluding carboxylic acids is 1. The van der Waals surface area contributed by atoms with Gasteiger partial charge < -0.3 is 11.1 Å². The Hall–Kier alpha value is -1.14. The van der Waals surface area contributed by atoms with Gasteiger partial charge in [-0.2, -0.15) is 0 Å². The highest BCUT2D eigenvalue weighted by Gasteiger charge is 2.12. The van der Waals surface area contributed by atoms with Crippen molar-refractivity contribution in [2.45, 2.75) is 0 Å². The predicted molar refractivity (Wildman–Crippen MR) is 94.4 cm³/mol. The number of nitrogens with one attached hydrogen (secondary N) is 1. The van der Waals surface area contributed by atoms with Crippen molar-refractivity contribution in [3.8, 4) is 0 Å². The molecule has 2 aromatic rings. The zero-order valence-electron chi connectivity index (χ0n) is 10.5. The van der Waals surface area contributed by atoms with Crippen molar-refractivity contribution in [1.82, 2.24) is 0 Å². The molecule has 0 saturated heterocycles. The van der Waals surface area contributed by atoms with Crippen molar-refractivity contribution < 1.29 is 4.79 Å². The lowest BCUT2D eigenvalue weighted by Crippen LogP contribution is -2.17. The molecule has 3 nitrogen and oxygen atoms in total. The highest BCUT2D eigenvalue weighted by Crippen LogP contribution is 2.25. The van der Waals surface area contributed by atoms with Crippen LogP contribution in [0, 0.1) is 0 Å². The first kappa shape index (κ1) is 16.2. The maximum absolute atomic E-state index is 12.3. The largest absolute Gasteiger partial charge is 0.389 e. The van der Waals surface area contributed by atoms with Crippen molar-refractivity contribution in [1.29, 1.82) is 0 Å². The number of amides is 1. The minimum atomic E-state index is -0.313. The first-order chi connectivity index (χ1) is 9.88. The highest BCUT2D eigenvalue weighted by atomic mass is 79.9. The van der Waals surface area contributed by atoms with E-state index in [2.05, 4.69) is 21.2 Å². The SMILES string of the molecule is NC(=S)c1ccc(Cl)cc1NC(=O)c1ccc(Cl)c(Br)c1. The zero-order valence-corrected chi connectivity index (χ0v) is 14.4. The van der Waals surface area contributed by atoms with Gasteiger partial charge >= 0.3 is 0 Å². The third kappa shape index (κ3) is 3.95. The lowest BCUT2D eigenvalue weighted by molar-refractivity contribution is 0.102. The Bertz CT molecular complexity index is 737. The van der Waals surface area contributed by atoms with Gasteiger partial charge in [0.25, 0.3) is 5.91 Å². The summed E-state index contributed by atoms with van der Waals surface area (Å²) in [6, 6.07) is 9.80. The van der Waals surface area contributed by atoms with Crippen LogP contribution in [0.4, 0.5) is 5.69 Å². The molecule has 0 saturated carbocycles. The van der Waals surface area contributed by atoms with Crippen LogP contribution in [0.1, 0.15) is 15.9 Å². The van der Waals surface area contributed by atoms with Crippen LogP contribution < -0.4 is 11.1 Å². The minimum absolute atomic E-state index is 0.180. The number of benzene rings is 2. The first-order valence-corrected chi connectivity index (χ1v) is 7.70. The molecule has 108 valence electrons. The summed E-state index contributed by atoms with van der Waals surface area (Å²) in [5, 5.41) is 3.74. The zero-order chi connectivity index (χ0) is 15.6. The quantitative estimate of drug-likeness (QED) is 0.733. The first-order valence-electron chi connectivity index (χ1n) is 5.74. The number of hydrogen-bond donors (Lipinski definition) is 2. The Labute approximate surface area is 145 Å². The smallest absolute Gasteiger partial charge is 0.255 e. The maximum Gasteiger partial charge on any atom is 0.255 e. The van der Waals surface area contributed by atoms with Crippen LogP contribution in [0.2, 0.25) is 10.0 Å². The molecule has 0 spiro atoms. The molecular formula is C14H9BrCl2N2OS. The standard InChI is InChI=1S/C14H9BrCl2N2OS/c15-10-5-7(1-4-11(10)17)14(20)19-12-6-8(16)2-3-9(12)13(18)21/h1-6H,(H2,18,21)(H,19,20). The summed E-state index contributed by atoms with van der Waals surface area (Å²) >= 11 is 20.1. The summed E-state index contributed by atoms with van der Waals surface area (Å²) in [5.74, 6) is -0.313. The van der Waals surface area contributed by atoms with E-state index in [1.165, 1.54) is 0 Å². The molecule has 2 aromatic carbocycles. The highest BCUT2D eigenvalue weighted by molar-refractivity contribution is 9.10. The van der Waals surface area contributed by atoms with Gasteiger partial charge in [0.2, 0.25) is 0 Å². The van der Waals surface area contributed by atoms with Gasteiger partial charge in [0, 0.05) is 20.6 Å². The van der Waals surface area contributed by atoms with E-state index in [0.717, 1.165) is 0 Å². The summed E-state index contributed by atoms with van der Waals surface area (Å²) < 4.78 is 0.637. The lowest BCUT2D eigenvalue weighted by Gasteiger charge is -2.11. The fraction of sp³-hybridized carbons (Fsp3) is 0. The molecule has 0 heterocycles. The molecule has 2 rings (SSSR count). The van der Waals surface area contributed by atoms with E-state index < -0.39 is 0 Å². The second-order valence-corrected chi connectivity index (χ2v) is 6.27. The average molecular weight is 404 g/mol. The van der Waals surface area contributed by atoms with E-state index in [0.29, 0.717) is 31.3 Å². The molecule has 1 amide bonds. The van der Waals surface area contributed by atoms with Crippen molar-refractivity contribution in [2.75, 3.05) is 5.32 Å². The normalized spacial score (nSPS) is 10.2. The predicted octanol–water partition coefficient (Wildman–Crippen LogP) is 4.64. The van der Waals surface area contributed by atoms with Gasteiger partial charge in [-0.1, -0.05) is 35.4 Å². The van der Waals surface area contributed by atoms with Gasteiger partial charge in [0.1, 0.15) is 4.99 Å². The van der Waals surface area contributed by atoms with Gasteiger partial charge in [-0.05, 0) is 52.3 Å². The van der Waals surface area contributed by atoms with Gasteiger partial charge in [0.15, 0.2) is 0 Å². The number of anilines is 1. The molecule has 0 aliphatic carbocycles. The number of hydrogen-bond acceptors (Lipinski definition) is 2. The molecule has 0 aliphatic heterocycles.